The van der Waals surface area contributed by atoms with Gasteiger partial charge < -0.3 is 20.3 Å². The van der Waals surface area contributed by atoms with Crippen molar-refractivity contribution in [2.45, 2.75) is 18.9 Å². The van der Waals surface area contributed by atoms with Crippen LogP contribution in [0.3, 0.4) is 0 Å². The Balaban J connectivity index is 1.55. The molecule has 2 aromatic carbocycles. The summed E-state index contributed by atoms with van der Waals surface area (Å²) < 4.78 is 7.42. The third-order valence-corrected chi connectivity index (χ3v) is 5.80. The zero-order valence-electron chi connectivity index (χ0n) is 19.0. The highest BCUT2D eigenvalue weighted by atomic mass is 16.5. The number of likely N-dealkylation sites (N-methyl/N-ethyl adjacent to an activating group) is 1. The van der Waals surface area contributed by atoms with Crippen molar-refractivity contribution in [3.05, 3.63) is 71.9 Å². The van der Waals surface area contributed by atoms with Gasteiger partial charge in [0.25, 0.3) is 5.91 Å². The molecule has 0 spiro atoms. The lowest BCUT2D eigenvalue weighted by Gasteiger charge is -2.24. The Morgan fingerprint density at radius 2 is 1.82 bits per heavy atom. The molecule has 1 saturated heterocycles. The van der Waals surface area contributed by atoms with Crippen molar-refractivity contribution < 1.29 is 14.3 Å². The quantitative estimate of drug-likeness (QED) is 0.534. The Hall–Kier alpha value is -3.65. The number of ether oxygens (including phenoxy) is 1. The summed E-state index contributed by atoms with van der Waals surface area (Å²) in [6.07, 6.45) is 2.83. The summed E-state index contributed by atoms with van der Waals surface area (Å²) in [5, 5.41) is 4.31. The molecule has 2 heterocycles. The number of nitrogen functional groups attached to an aromatic ring is 1. The molecule has 8 heteroatoms. The third kappa shape index (κ3) is 4.75. The molecule has 1 fully saturated rings. The normalized spacial score (nSPS) is 15.7. The standard InChI is InChI=1S/C25H29N5O3/c1-28(2)15-16-33-22-13-7-6-11-19(22)25(32)29-14-8-12-21(29)23(31)20-17-27-30(24(20)26)18-9-4-3-5-10-18/h3-7,9-11,13,17,21H,8,12,14-16,26H2,1-2H3. The molecule has 4 rings (SSSR count). The van der Waals surface area contributed by atoms with Gasteiger partial charge in [0.05, 0.1) is 29.1 Å². The molecule has 1 atom stereocenters. The highest BCUT2D eigenvalue weighted by Gasteiger charge is 2.37. The van der Waals surface area contributed by atoms with E-state index in [0.717, 1.165) is 18.7 Å². The fourth-order valence-corrected chi connectivity index (χ4v) is 4.05. The van der Waals surface area contributed by atoms with E-state index in [9.17, 15) is 9.59 Å². The van der Waals surface area contributed by atoms with Crippen molar-refractivity contribution in [2.75, 3.05) is 39.5 Å². The Labute approximate surface area is 193 Å². The summed E-state index contributed by atoms with van der Waals surface area (Å²) in [5.41, 5.74) is 7.86. The Bertz CT molecular complexity index is 1130. The number of anilines is 1. The summed E-state index contributed by atoms with van der Waals surface area (Å²) in [5.74, 6) is 0.406. The molecular weight excluding hydrogens is 418 g/mol. The van der Waals surface area contributed by atoms with Gasteiger partial charge in [0, 0.05) is 13.1 Å². The molecule has 3 aromatic rings. The zero-order valence-corrected chi connectivity index (χ0v) is 19.0. The monoisotopic (exact) mass is 447 g/mol. The van der Waals surface area contributed by atoms with Gasteiger partial charge in [-0.3, -0.25) is 9.59 Å². The van der Waals surface area contributed by atoms with Gasteiger partial charge in [0.15, 0.2) is 5.78 Å². The number of nitrogens with two attached hydrogens (primary N) is 1. The van der Waals surface area contributed by atoms with Gasteiger partial charge in [-0.2, -0.15) is 5.10 Å². The van der Waals surface area contributed by atoms with E-state index >= 15 is 0 Å². The van der Waals surface area contributed by atoms with Crippen molar-refractivity contribution in [1.29, 1.82) is 0 Å². The first-order valence-electron chi connectivity index (χ1n) is 11.1. The molecule has 8 nitrogen and oxygen atoms in total. The van der Waals surface area contributed by atoms with Crippen molar-refractivity contribution in [3.63, 3.8) is 0 Å². The minimum atomic E-state index is -0.581. The second kappa shape index (κ2) is 9.87. The lowest BCUT2D eigenvalue weighted by Crippen LogP contribution is -2.40. The van der Waals surface area contributed by atoms with Crippen molar-refractivity contribution >= 4 is 17.5 Å². The minimum Gasteiger partial charge on any atom is -0.491 e. The third-order valence-electron chi connectivity index (χ3n) is 5.80. The molecule has 1 aromatic heterocycles. The smallest absolute Gasteiger partial charge is 0.258 e. The van der Waals surface area contributed by atoms with E-state index in [1.54, 1.807) is 27.8 Å². The van der Waals surface area contributed by atoms with Crippen LogP contribution >= 0.6 is 0 Å². The first-order valence-corrected chi connectivity index (χ1v) is 11.1. The van der Waals surface area contributed by atoms with Crippen LogP contribution in [0.4, 0.5) is 5.82 Å². The number of ketones is 1. The number of hydrogen-bond donors (Lipinski definition) is 1. The van der Waals surface area contributed by atoms with Crippen LogP contribution in [0.2, 0.25) is 0 Å². The molecule has 33 heavy (non-hydrogen) atoms. The number of rotatable bonds is 8. The maximum absolute atomic E-state index is 13.5. The second-order valence-electron chi connectivity index (χ2n) is 8.36. The van der Waals surface area contributed by atoms with Gasteiger partial charge in [-0.25, -0.2) is 4.68 Å². The van der Waals surface area contributed by atoms with Gasteiger partial charge in [-0.05, 0) is 51.2 Å². The van der Waals surface area contributed by atoms with E-state index in [-0.39, 0.29) is 17.5 Å². The fourth-order valence-electron chi connectivity index (χ4n) is 4.05. The van der Waals surface area contributed by atoms with E-state index in [1.807, 2.05) is 55.4 Å². The van der Waals surface area contributed by atoms with Crippen LogP contribution in [-0.4, -0.2) is 71.1 Å². The van der Waals surface area contributed by atoms with E-state index in [4.69, 9.17) is 10.5 Å². The highest BCUT2D eigenvalue weighted by molar-refractivity contribution is 6.07. The van der Waals surface area contributed by atoms with E-state index in [0.29, 0.717) is 36.4 Å². The van der Waals surface area contributed by atoms with Crippen molar-refractivity contribution in [1.82, 2.24) is 19.6 Å². The fraction of sp³-hybridized carbons (Fsp3) is 0.320. The molecule has 2 N–H and O–H groups in total. The van der Waals surface area contributed by atoms with E-state index in [2.05, 4.69) is 5.10 Å². The first-order chi connectivity index (χ1) is 16.0. The van der Waals surface area contributed by atoms with E-state index in [1.165, 1.54) is 6.20 Å². The lowest BCUT2D eigenvalue weighted by atomic mass is 10.0. The number of carbonyl (C=O) groups is 2. The summed E-state index contributed by atoms with van der Waals surface area (Å²) in [6, 6.07) is 16.0. The number of aromatic nitrogens is 2. The largest absolute Gasteiger partial charge is 0.491 e. The Morgan fingerprint density at radius 3 is 2.58 bits per heavy atom. The topological polar surface area (TPSA) is 93.7 Å². The van der Waals surface area contributed by atoms with Crippen molar-refractivity contribution in [2.24, 2.45) is 0 Å². The number of nitrogens with zero attached hydrogens (tertiary/aromatic N) is 4. The van der Waals surface area contributed by atoms with Gasteiger partial charge >= 0.3 is 0 Å². The predicted molar refractivity (Wildman–Crippen MR) is 127 cm³/mol. The van der Waals surface area contributed by atoms with Crippen LogP contribution < -0.4 is 10.5 Å². The van der Waals surface area contributed by atoms with Crippen LogP contribution in [-0.2, 0) is 0 Å². The molecule has 0 saturated carbocycles. The lowest BCUT2D eigenvalue weighted by molar-refractivity contribution is 0.0668. The molecular formula is C25H29N5O3. The van der Waals surface area contributed by atoms with Crippen molar-refractivity contribution in [3.8, 4) is 11.4 Å². The number of benzene rings is 2. The number of hydrogen-bond acceptors (Lipinski definition) is 6. The van der Waals surface area contributed by atoms with Crippen LogP contribution in [0.5, 0.6) is 5.75 Å². The number of para-hydroxylation sites is 2. The highest BCUT2D eigenvalue weighted by Crippen LogP contribution is 2.29. The van der Waals surface area contributed by atoms with Gasteiger partial charge in [-0.1, -0.05) is 30.3 Å². The molecule has 0 aliphatic carbocycles. The number of likely N-dealkylation sites (tertiary alicyclic amines) is 1. The molecule has 1 amide bonds. The molecule has 0 radical (unpaired) electrons. The van der Waals surface area contributed by atoms with Gasteiger partial charge in [0.1, 0.15) is 18.2 Å². The number of amides is 1. The minimum absolute atomic E-state index is 0.188. The van der Waals surface area contributed by atoms with Crippen LogP contribution in [0.1, 0.15) is 33.6 Å². The number of Topliss-reactive ketones (excluding diaryl/α,β-unsaturated/α-hetero) is 1. The average Bonchev–Trinajstić information content (AvgIpc) is 3.46. The molecule has 172 valence electrons. The van der Waals surface area contributed by atoms with Gasteiger partial charge in [-0.15, -0.1) is 0 Å². The van der Waals surface area contributed by atoms with Crippen LogP contribution in [0, 0.1) is 0 Å². The Kier molecular flexibility index (Phi) is 6.74. The SMILES string of the molecule is CN(C)CCOc1ccccc1C(=O)N1CCCC1C(=O)c1cnn(-c2ccccc2)c1N. The van der Waals surface area contributed by atoms with Crippen LogP contribution in [0.25, 0.3) is 5.69 Å². The van der Waals surface area contributed by atoms with Gasteiger partial charge in [0.2, 0.25) is 0 Å². The molecule has 1 aliphatic rings. The predicted octanol–water partition coefficient (Wildman–Crippen LogP) is 2.88. The summed E-state index contributed by atoms with van der Waals surface area (Å²) in [4.78, 5) is 30.5. The molecule has 1 aliphatic heterocycles. The Morgan fingerprint density at radius 1 is 1.09 bits per heavy atom. The summed E-state index contributed by atoms with van der Waals surface area (Å²) in [6.45, 7) is 1.71. The zero-order chi connectivity index (χ0) is 23.4. The summed E-state index contributed by atoms with van der Waals surface area (Å²) >= 11 is 0. The number of carbonyl (C=O) groups excluding carboxylic acids is 2. The molecule has 1 unspecified atom stereocenters. The second-order valence-corrected chi connectivity index (χ2v) is 8.36. The van der Waals surface area contributed by atoms with Crippen LogP contribution in [0.15, 0.2) is 60.8 Å². The molecule has 0 bridgehead atoms. The maximum atomic E-state index is 13.5. The van der Waals surface area contributed by atoms with E-state index < -0.39 is 6.04 Å². The first kappa shape index (κ1) is 22.5. The maximum Gasteiger partial charge on any atom is 0.258 e. The average molecular weight is 448 g/mol. The summed E-state index contributed by atoms with van der Waals surface area (Å²) in [7, 11) is 3.93.